The summed E-state index contributed by atoms with van der Waals surface area (Å²) in [6, 6.07) is 7.50. The maximum atomic E-state index is 12.6. The Balaban J connectivity index is 1.39. The van der Waals surface area contributed by atoms with Crippen molar-refractivity contribution >= 4 is 17.5 Å². The summed E-state index contributed by atoms with van der Waals surface area (Å²) in [6.45, 7) is 0.643. The van der Waals surface area contributed by atoms with E-state index < -0.39 is 0 Å². The summed E-state index contributed by atoms with van der Waals surface area (Å²) < 4.78 is 5.39. The Morgan fingerprint density at radius 2 is 1.83 bits per heavy atom. The summed E-state index contributed by atoms with van der Waals surface area (Å²) in [5.41, 5.74) is 1.25. The first-order chi connectivity index (χ1) is 11.7. The van der Waals surface area contributed by atoms with Gasteiger partial charge in [0, 0.05) is 23.9 Å². The molecular formula is C19H24N2O3. The van der Waals surface area contributed by atoms with Gasteiger partial charge in [-0.2, -0.15) is 0 Å². The predicted molar refractivity (Wildman–Crippen MR) is 90.7 cm³/mol. The second kappa shape index (κ2) is 6.55. The normalized spacial score (nSPS) is 23.3. The lowest BCUT2D eigenvalue weighted by Gasteiger charge is -2.18. The van der Waals surface area contributed by atoms with Gasteiger partial charge in [0.2, 0.25) is 0 Å². The second-order valence-electron chi connectivity index (χ2n) is 7.25. The first kappa shape index (κ1) is 15.6. The number of benzene rings is 1. The maximum absolute atomic E-state index is 12.6. The molecule has 0 unspecified atom stereocenters. The van der Waals surface area contributed by atoms with Crippen LogP contribution in [0.1, 0.15) is 48.9 Å². The fourth-order valence-corrected chi connectivity index (χ4v) is 3.51. The van der Waals surface area contributed by atoms with Gasteiger partial charge in [0.05, 0.1) is 0 Å². The standard InChI is InChI=1S/C19H24N2O3/c22-18(21-17(12-6-7-12)13-8-9-13)14-3-1-4-15(11-14)20-19(23)16-5-2-10-24-16/h1,3-4,11-13,16-17H,2,5-10H2,(H,20,23)(H,21,22)/t16-/m0/s1. The van der Waals surface area contributed by atoms with E-state index in [0.717, 1.165) is 12.8 Å². The average Bonchev–Trinajstić information content (AvgIpc) is 3.52. The molecule has 0 radical (unpaired) electrons. The molecular weight excluding hydrogens is 304 g/mol. The highest BCUT2D eigenvalue weighted by atomic mass is 16.5. The van der Waals surface area contributed by atoms with Crippen LogP contribution < -0.4 is 10.6 Å². The number of hydrogen-bond donors (Lipinski definition) is 2. The summed E-state index contributed by atoms with van der Waals surface area (Å²) in [4.78, 5) is 24.7. The molecule has 1 aromatic carbocycles. The molecule has 3 aliphatic rings. The number of anilines is 1. The monoisotopic (exact) mass is 328 g/mol. The lowest BCUT2D eigenvalue weighted by Crippen LogP contribution is -2.38. The molecule has 2 aliphatic carbocycles. The van der Waals surface area contributed by atoms with E-state index in [-0.39, 0.29) is 17.9 Å². The van der Waals surface area contributed by atoms with Crippen molar-refractivity contribution in [3.05, 3.63) is 29.8 Å². The molecule has 2 saturated carbocycles. The zero-order valence-corrected chi connectivity index (χ0v) is 13.8. The Kier molecular flexibility index (Phi) is 4.27. The maximum Gasteiger partial charge on any atom is 0.253 e. The number of carbonyl (C=O) groups excluding carboxylic acids is 2. The Bertz CT molecular complexity index is 619. The van der Waals surface area contributed by atoms with Crippen LogP contribution in [-0.2, 0) is 9.53 Å². The van der Waals surface area contributed by atoms with Crippen LogP contribution in [0, 0.1) is 11.8 Å². The highest BCUT2D eigenvalue weighted by Crippen LogP contribution is 2.44. The minimum Gasteiger partial charge on any atom is -0.368 e. The Morgan fingerprint density at radius 3 is 2.46 bits per heavy atom. The van der Waals surface area contributed by atoms with Crippen molar-refractivity contribution in [1.82, 2.24) is 5.32 Å². The van der Waals surface area contributed by atoms with Gasteiger partial charge in [-0.3, -0.25) is 9.59 Å². The smallest absolute Gasteiger partial charge is 0.253 e. The van der Waals surface area contributed by atoms with Gasteiger partial charge in [0.15, 0.2) is 0 Å². The minimum atomic E-state index is -0.364. The highest BCUT2D eigenvalue weighted by Gasteiger charge is 2.42. The van der Waals surface area contributed by atoms with Gasteiger partial charge in [-0.1, -0.05) is 6.07 Å². The van der Waals surface area contributed by atoms with Gasteiger partial charge in [-0.15, -0.1) is 0 Å². The first-order valence-electron chi connectivity index (χ1n) is 9.04. The average molecular weight is 328 g/mol. The molecule has 5 nitrogen and oxygen atoms in total. The molecule has 3 fully saturated rings. The van der Waals surface area contributed by atoms with Gasteiger partial charge in [0.1, 0.15) is 6.10 Å². The molecule has 0 aromatic heterocycles. The molecule has 1 saturated heterocycles. The van der Waals surface area contributed by atoms with Crippen LogP contribution >= 0.6 is 0 Å². The van der Waals surface area contributed by atoms with E-state index in [4.69, 9.17) is 4.74 Å². The number of rotatable bonds is 6. The van der Waals surface area contributed by atoms with Crippen LogP contribution in [-0.4, -0.2) is 30.6 Å². The van der Waals surface area contributed by atoms with Gasteiger partial charge >= 0.3 is 0 Å². The molecule has 1 aromatic rings. The molecule has 1 heterocycles. The number of carbonyl (C=O) groups is 2. The van der Waals surface area contributed by atoms with Crippen molar-refractivity contribution in [2.75, 3.05) is 11.9 Å². The SMILES string of the molecule is O=C(NC(C1CC1)C1CC1)c1cccc(NC(=O)[C@@H]2CCCO2)c1. The molecule has 4 rings (SSSR count). The molecule has 0 bridgehead atoms. The summed E-state index contributed by atoms with van der Waals surface area (Å²) in [5.74, 6) is 1.18. The minimum absolute atomic E-state index is 0.0352. The third-order valence-electron chi connectivity index (χ3n) is 5.17. The third-order valence-corrected chi connectivity index (χ3v) is 5.17. The fourth-order valence-electron chi connectivity index (χ4n) is 3.51. The molecule has 1 aliphatic heterocycles. The largest absolute Gasteiger partial charge is 0.368 e. The van der Waals surface area contributed by atoms with Crippen molar-refractivity contribution < 1.29 is 14.3 Å². The summed E-state index contributed by atoms with van der Waals surface area (Å²) in [5, 5.41) is 6.08. The summed E-state index contributed by atoms with van der Waals surface area (Å²) in [7, 11) is 0. The van der Waals surface area contributed by atoms with Crippen LogP contribution in [0.2, 0.25) is 0 Å². The Hall–Kier alpha value is -1.88. The quantitative estimate of drug-likeness (QED) is 0.844. The van der Waals surface area contributed by atoms with Gasteiger partial charge in [0.25, 0.3) is 11.8 Å². The van der Waals surface area contributed by atoms with E-state index in [1.807, 2.05) is 12.1 Å². The Labute approximate surface area is 142 Å². The third kappa shape index (κ3) is 3.61. The van der Waals surface area contributed by atoms with Crippen molar-refractivity contribution in [2.45, 2.75) is 50.7 Å². The van der Waals surface area contributed by atoms with E-state index in [1.54, 1.807) is 12.1 Å². The molecule has 2 N–H and O–H groups in total. The van der Waals surface area contributed by atoms with Crippen molar-refractivity contribution in [3.8, 4) is 0 Å². The van der Waals surface area contributed by atoms with Crippen molar-refractivity contribution in [3.63, 3.8) is 0 Å². The van der Waals surface area contributed by atoms with Gasteiger partial charge in [-0.05, 0) is 68.6 Å². The predicted octanol–water partition coefficient (Wildman–Crippen LogP) is 2.72. The zero-order valence-electron chi connectivity index (χ0n) is 13.8. The lowest BCUT2D eigenvalue weighted by molar-refractivity contribution is -0.124. The number of hydrogen-bond acceptors (Lipinski definition) is 3. The summed E-state index contributed by atoms with van der Waals surface area (Å²) in [6.07, 6.45) is 6.26. The van der Waals surface area contributed by atoms with E-state index in [2.05, 4.69) is 10.6 Å². The molecule has 0 spiro atoms. The van der Waals surface area contributed by atoms with E-state index in [1.165, 1.54) is 25.7 Å². The molecule has 128 valence electrons. The molecule has 1 atom stereocenters. The van der Waals surface area contributed by atoms with Crippen molar-refractivity contribution in [2.24, 2.45) is 11.8 Å². The lowest BCUT2D eigenvalue weighted by atomic mass is 10.1. The number of nitrogens with one attached hydrogen (secondary N) is 2. The molecule has 2 amide bonds. The van der Waals surface area contributed by atoms with Crippen LogP contribution in [0.3, 0.4) is 0 Å². The highest BCUT2D eigenvalue weighted by molar-refractivity contribution is 5.98. The number of ether oxygens (including phenoxy) is 1. The van der Waals surface area contributed by atoms with Gasteiger partial charge < -0.3 is 15.4 Å². The van der Waals surface area contributed by atoms with E-state index in [9.17, 15) is 9.59 Å². The van der Waals surface area contributed by atoms with Crippen molar-refractivity contribution in [1.29, 1.82) is 0 Å². The Morgan fingerprint density at radius 1 is 1.08 bits per heavy atom. The first-order valence-corrected chi connectivity index (χ1v) is 9.04. The second-order valence-corrected chi connectivity index (χ2v) is 7.25. The van der Waals surface area contributed by atoms with Crippen LogP contribution in [0.5, 0.6) is 0 Å². The van der Waals surface area contributed by atoms with E-state index in [0.29, 0.717) is 35.7 Å². The van der Waals surface area contributed by atoms with Crippen LogP contribution in [0.15, 0.2) is 24.3 Å². The summed E-state index contributed by atoms with van der Waals surface area (Å²) >= 11 is 0. The molecule has 5 heteroatoms. The van der Waals surface area contributed by atoms with Gasteiger partial charge in [-0.25, -0.2) is 0 Å². The van der Waals surface area contributed by atoms with Crippen LogP contribution in [0.4, 0.5) is 5.69 Å². The van der Waals surface area contributed by atoms with Crippen LogP contribution in [0.25, 0.3) is 0 Å². The fraction of sp³-hybridized carbons (Fsp3) is 0.579. The topological polar surface area (TPSA) is 67.4 Å². The van der Waals surface area contributed by atoms with E-state index >= 15 is 0 Å². The number of amides is 2. The molecule has 24 heavy (non-hydrogen) atoms. The zero-order chi connectivity index (χ0) is 16.5.